The smallest absolute Gasteiger partial charge is 0.409 e. The molecular formula is C12H13N3O4. The van der Waals surface area contributed by atoms with E-state index >= 15 is 0 Å². The highest BCUT2D eigenvalue weighted by molar-refractivity contribution is 5.96. The van der Waals surface area contributed by atoms with Gasteiger partial charge in [0, 0.05) is 0 Å². The normalized spacial score (nSPS) is 20.7. The quantitative estimate of drug-likeness (QED) is 0.378. The van der Waals surface area contributed by atoms with Gasteiger partial charge in [-0.1, -0.05) is 30.3 Å². The molecule has 19 heavy (non-hydrogen) atoms. The van der Waals surface area contributed by atoms with E-state index < -0.39 is 17.7 Å². The van der Waals surface area contributed by atoms with Crippen molar-refractivity contribution in [2.24, 2.45) is 0 Å². The third-order valence-electron chi connectivity index (χ3n) is 2.74. The molecule has 7 nitrogen and oxygen atoms in total. The van der Waals surface area contributed by atoms with Crippen LogP contribution < -0.4 is 16.0 Å². The molecule has 0 radical (unpaired) electrons. The first kappa shape index (κ1) is 12.9. The molecule has 1 aliphatic rings. The molecule has 1 aromatic carbocycles. The molecule has 0 aliphatic carbocycles. The second kappa shape index (κ2) is 5.38. The molecule has 0 bridgehead atoms. The summed E-state index contributed by atoms with van der Waals surface area (Å²) in [7, 11) is 0. The maximum Gasteiger partial charge on any atom is 0.409 e. The van der Waals surface area contributed by atoms with Gasteiger partial charge in [-0.3, -0.25) is 14.9 Å². The molecule has 1 atom stereocenters. The van der Waals surface area contributed by atoms with Gasteiger partial charge >= 0.3 is 6.09 Å². The van der Waals surface area contributed by atoms with Crippen LogP contribution >= 0.6 is 0 Å². The van der Waals surface area contributed by atoms with Gasteiger partial charge in [0.25, 0.3) is 5.91 Å². The average Bonchev–Trinajstić information content (AvgIpc) is 2.44. The first-order valence-electron chi connectivity index (χ1n) is 5.65. The van der Waals surface area contributed by atoms with Crippen LogP contribution in [0.4, 0.5) is 4.79 Å². The minimum absolute atomic E-state index is 0.0888. The zero-order valence-electron chi connectivity index (χ0n) is 10.0. The van der Waals surface area contributed by atoms with Crippen LogP contribution in [0.25, 0.3) is 0 Å². The van der Waals surface area contributed by atoms with Crippen molar-refractivity contribution in [2.45, 2.75) is 12.3 Å². The highest BCUT2D eigenvalue weighted by Gasteiger charge is 2.48. The van der Waals surface area contributed by atoms with Gasteiger partial charge in [-0.05, 0) is 5.56 Å². The minimum atomic E-state index is -1.39. The zero-order chi connectivity index (χ0) is 13.7. The van der Waals surface area contributed by atoms with E-state index in [2.05, 4.69) is 16.0 Å². The maximum absolute atomic E-state index is 11.6. The van der Waals surface area contributed by atoms with Gasteiger partial charge in [-0.25, -0.2) is 4.79 Å². The van der Waals surface area contributed by atoms with E-state index in [0.29, 0.717) is 6.41 Å². The fourth-order valence-electron chi connectivity index (χ4n) is 1.62. The van der Waals surface area contributed by atoms with Crippen LogP contribution in [0.3, 0.4) is 0 Å². The molecular weight excluding hydrogens is 250 g/mol. The van der Waals surface area contributed by atoms with Crippen LogP contribution in [0, 0.1) is 0 Å². The van der Waals surface area contributed by atoms with Crippen molar-refractivity contribution in [3.63, 3.8) is 0 Å². The van der Waals surface area contributed by atoms with E-state index in [4.69, 9.17) is 4.74 Å². The Kier molecular flexibility index (Phi) is 3.65. The van der Waals surface area contributed by atoms with Gasteiger partial charge in [-0.2, -0.15) is 0 Å². The first-order chi connectivity index (χ1) is 9.16. The lowest BCUT2D eigenvalue weighted by Crippen LogP contribution is -2.79. The number of benzene rings is 1. The highest BCUT2D eigenvalue weighted by Crippen LogP contribution is 2.09. The van der Waals surface area contributed by atoms with Crippen LogP contribution in [-0.2, 0) is 20.9 Å². The van der Waals surface area contributed by atoms with Crippen molar-refractivity contribution in [3.05, 3.63) is 35.9 Å². The summed E-state index contributed by atoms with van der Waals surface area (Å²) in [6.07, 6.45) is -0.413. The van der Waals surface area contributed by atoms with Crippen LogP contribution in [0.1, 0.15) is 5.56 Å². The lowest BCUT2D eigenvalue weighted by molar-refractivity contribution is -0.139. The number of amides is 3. The van der Waals surface area contributed by atoms with Crippen molar-refractivity contribution in [1.82, 2.24) is 16.0 Å². The Bertz CT molecular complexity index is 491. The van der Waals surface area contributed by atoms with E-state index in [-0.39, 0.29) is 13.2 Å². The third-order valence-corrected chi connectivity index (χ3v) is 2.74. The van der Waals surface area contributed by atoms with Crippen molar-refractivity contribution in [2.75, 3.05) is 6.54 Å². The average molecular weight is 263 g/mol. The Balaban J connectivity index is 1.87. The summed E-state index contributed by atoms with van der Waals surface area (Å²) in [5.41, 5.74) is -0.566. The van der Waals surface area contributed by atoms with Crippen molar-refractivity contribution < 1.29 is 19.1 Å². The number of ether oxygens (including phenoxy) is 1. The molecule has 3 N–H and O–H groups in total. The third kappa shape index (κ3) is 2.82. The van der Waals surface area contributed by atoms with Crippen molar-refractivity contribution in [1.29, 1.82) is 0 Å². The highest BCUT2D eigenvalue weighted by atomic mass is 16.5. The molecule has 1 unspecified atom stereocenters. The van der Waals surface area contributed by atoms with E-state index in [1.807, 2.05) is 30.3 Å². The number of carbonyl (C=O) groups excluding carboxylic acids is 3. The lowest BCUT2D eigenvalue weighted by atomic mass is 10.0. The molecule has 1 aliphatic heterocycles. The SMILES string of the molecule is O=CNC1(NC(=O)OCc2ccccc2)CNC1=O. The molecule has 1 fully saturated rings. The van der Waals surface area contributed by atoms with Gasteiger partial charge in [0.15, 0.2) is 0 Å². The number of hydrogen-bond donors (Lipinski definition) is 3. The molecule has 3 amide bonds. The van der Waals surface area contributed by atoms with E-state index in [0.717, 1.165) is 5.56 Å². The maximum atomic E-state index is 11.6. The monoisotopic (exact) mass is 263 g/mol. The molecule has 1 aromatic rings. The van der Waals surface area contributed by atoms with Crippen LogP contribution in [-0.4, -0.2) is 30.6 Å². The summed E-state index contributed by atoms with van der Waals surface area (Å²) >= 11 is 0. The van der Waals surface area contributed by atoms with Gasteiger partial charge in [0.2, 0.25) is 12.1 Å². The Morgan fingerprint density at radius 3 is 2.68 bits per heavy atom. The topological polar surface area (TPSA) is 96.5 Å². The van der Waals surface area contributed by atoms with Crippen molar-refractivity contribution >= 4 is 18.4 Å². The minimum Gasteiger partial charge on any atom is -0.445 e. The molecule has 0 saturated carbocycles. The van der Waals surface area contributed by atoms with E-state index in [1.165, 1.54) is 0 Å². The molecule has 7 heteroatoms. The standard InChI is InChI=1S/C12H13N3O4/c16-8-14-12(7-13-10(12)17)15-11(18)19-6-9-4-2-1-3-5-9/h1-5,8H,6-7H2,(H,13,17)(H,14,16)(H,15,18). The summed E-state index contributed by atoms with van der Waals surface area (Å²) in [6, 6.07) is 9.12. The molecule has 100 valence electrons. The second-order valence-electron chi connectivity index (χ2n) is 4.04. The summed E-state index contributed by atoms with van der Waals surface area (Å²) in [6.45, 7) is 0.219. The lowest BCUT2D eigenvalue weighted by Gasteiger charge is -2.39. The van der Waals surface area contributed by atoms with Crippen LogP contribution in [0.5, 0.6) is 0 Å². The number of rotatable bonds is 5. The predicted octanol–water partition coefficient (Wildman–Crippen LogP) is -0.515. The summed E-state index contributed by atoms with van der Waals surface area (Å²) in [5, 5.41) is 7.04. The van der Waals surface area contributed by atoms with Gasteiger partial charge < -0.3 is 15.4 Å². The van der Waals surface area contributed by atoms with Gasteiger partial charge in [0.1, 0.15) is 6.61 Å². The summed E-state index contributed by atoms with van der Waals surface area (Å²) in [4.78, 5) is 33.4. The fourth-order valence-corrected chi connectivity index (χ4v) is 1.62. The summed E-state index contributed by atoms with van der Waals surface area (Å²) in [5.74, 6) is -0.476. The van der Waals surface area contributed by atoms with Gasteiger partial charge in [-0.15, -0.1) is 0 Å². The Labute approximate surface area is 109 Å². The molecule has 0 aromatic heterocycles. The first-order valence-corrected chi connectivity index (χ1v) is 5.65. The molecule has 0 spiro atoms. The second-order valence-corrected chi connectivity index (χ2v) is 4.04. The number of nitrogens with one attached hydrogen (secondary N) is 3. The zero-order valence-corrected chi connectivity index (χ0v) is 10.0. The number of carbonyl (C=O) groups is 3. The Morgan fingerprint density at radius 1 is 1.42 bits per heavy atom. The van der Waals surface area contributed by atoms with Crippen molar-refractivity contribution in [3.8, 4) is 0 Å². The van der Waals surface area contributed by atoms with Crippen LogP contribution in [0.15, 0.2) is 30.3 Å². The molecule has 2 rings (SSSR count). The number of β-lactam (4-membered cyclic amide) rings is 1. The Hall–Kier alpha value is -2.57. The van der Waals surface area contributed by atoms with Gasteiger partial charge in [0.05, 0.1) is 6.54 Å². The largest absolute Gasteiger partial charge is 0.445 e. The molecule has 1 saturated heterocycles. The van der Waals surface area contributed by atoms with Crippen LogP contribution in [0.2, 0.25) is 0 Å². The summed E-state index contributed by atoms with van der Waals surface area (Å²) < 4.78 is 4.97. The molecule has 1 heterocycles. The van der Waals surface area contributed by atoms with E-state index in [9.17, 15) is 14.4 Å². The predicted molar refractivity (Wildman–Crippen MR) is 64.7 cm³/mol. The Morgan fingerprint density at radius 2 is 2.16 bits per heavy atom. The number of alkyl carbamates (subject to hydrolysis) is 1. The van der Waals surface area contributed by atoms with E-state index in [1.54, 1.807) is 0 Å². The number of hydrogen-bond acceptors (Lipinski definition) is 4. The fraction of sp³-hybridized carbons (Fsp3) is 0.250.